The van der Waals surface area contributed by atoms with E-state index in [-0.39, 0.29) is 23.7 Å². The first-order chi connectivity index (χ1) is 14.0. The first-order valence-corrected chi connectivity index (χ1v) is 11.7. The predicted molar refractivity (Wildman–Crippen MR) is 117 cm³/mol. The lowest BCUT2D eigenvalue weighted by Crippen LogP contribution is -2.42. The Morgan fingerprint density at radius 1 is 1.10 bits per heavy atom. The van der Waals surface area contributed by atoms with Crippen LogP contribution in [-0.4, -0.2) is 57.9 Å². The van der Waals surface area contributed by atoms with E-state index >= 15 is 0 Å². The van der Waals surface area contributed by atoms with Crippen LogP contribution in [0.4, 0.5) is 0 Å². The fourth-order valence-corrected chi connectivity index (χ4v) is 5.35. The normalized spacial score (nSPS) is 22.7. The van der Waals surface area contributed by atoms with Crippen LogP contribution in [0, 0.1) is 12.8 Å². The Labute approximate surface area is 177 Å². The van der Waals surface area contributed by atoms with E-state index in [1.807, 2.05) is 41.9 Å². The maximum atomic E-state index is 13.0. The number of carbonyl (C=O) groups excluding carboxylic acids is 2. The average molecular weight is 412 g/mol. The minimum absolute atomic E-state index is 0.101. The van der Waals surface area contributed by atoms with Gasteiger partial charge in [0.05, 0.1) is 23.1 Å². The maximum Gasteiger partial charge on any atom is 0.256 e. The molecule has 2 fully saturated rings. The van der Waals surface area contributed by atoms with Crippen molar-refractivity contribution < 1.29 is 9.59 Å². The Morgan fingerprint density at radius 3 is 2.59 bits per heavy atom. The van der Waals surface area contributed by atoms with Gasteiger partial charge in [-0.3, -0.25) is 14.6 Å². The van der Waals surface area contributed by atoms with Gasteiger partial charge in [0.2, 0.25) is 5.91 Å². The zero-order valence-corrected chi connectivity index (χ0v) is 18.1. The number of carbonyl (C=O) groups is 2. The Morgan fingerprint density at radius 2 is 1.90 bits per heavy atom. The Bertz CT molecular complexity index is 850. The van der Waals surface area contributed by atoms with Crippen molar-refractivity contribution in [1.82, 2.24) is 14.8 Å². The molecule has 2 saturated heterocycles. The summed E-state index contributed by atoms with van der Waals surface area (Å²) in [5.41, 5.74) is 3.76. The summed E-state index contributed by atoms with van der Waals surface area (Å²) < 4.78 is 0. The minimum Gasteiger partial charge on any atom is -0.342 e. The van der Waals surface area contributed by atoms with Crippen molar-refractivity contribution in [3.05, 3.63) is 52.9 Å². The van der Waals surface area contributed by atoms with Gasteiger partial charge in [-0.2, -0.15) is 0 Å². The van der Waals surface area contributed by atoms with Gasteiger partial charge in [-0.15, -0.1) is 11.8 Å². The standard InChI is InChI=1S/C23H29N3O2S/c1-16-5-3-4-6-19(16)22(27)25-11-9-18(10-12-25)21-20(8-7-17(2)24-21)23(28)26-13-14-29-15-26/h4-8,18-19H,3,9-15H2,1-2H3. The zero-order chi connectivity index (χ0) is 20.4. The third kappa shape index (κ3) is 4.27. The van der Waals surface area contributed by atoms with Crippen LogP contribution in [0.25, 0.3) is 0 Å². The second-order valence-corrected chi connectivity index (χ2v) is 9.26. The molecular weight excluding hydrogens is 382 g/mol. The molecule has 29 heavy (non-hydrogen) atoms. The summed E-state index contributed by atoms with van der Waals surface area (Å²) in [6, 6.07) is 3.88. The number of likely N-dealkylation sites (tertiary alicyclic amines) is 1. The molecule has 3 aliphatic rings. The molecule has 2 aliphatic heterocycles. The van der Waals surface area contributed by atoms with Gasteiger partial charge in [-0.25, -0.2) is 0 Å². The Kier molecular flexibility index (Phi) is 6.09. The molecular formula is C23H29N3O2S. The molecule has 0 N–H and O–H groups in total. The molecule has 1 aromatic rings. The highest BCUT2D eigenvalue weighted by Gasteiger charge is 2.32. The van der Waals surface area contributed by atoms with Crippen molar-refractivity contribution in [2.45, 2.75) is 39.0 Å². The van der Waals surface area contributed by atoms with Crippen LogP contribution in [-0.2, 0) is 4.79 Å². The molecule has 0 aromatic carbocycles. The molecule has 154 valence electrons. The number of nitrogens with zero attached hydrogens (tertiary/aromatic N) is 3. The van der Waals surface area contributed by atoms with Gasteiger partial charge in [-0.1, -0.05) is 23.8 Å². The van der Waals surface area contributed by atoms with E-state index in [2.05, 4.69) is 12.2 Å². The molecule has 0 radical (unpaired) electrons. The van der Waals surface area contributed by atoms with Crippen molar-refractivity contribution in [3.63, 3.8) is 0 Å². The number of pyridine rings is 1. The number of thioether (sulfide) groups is 1. The van der Waals surface area contributed by atoms with Gasteiger partial charge in [0, 0.05) is 37.0 Å². The summed E-state index contributed by atoms with van der Waals surface area (Å²) in [6.45, 7) is 6.29. The molecule has 1 aliphatic carbocycles. The van der Waals surface area contributed by atoms with Gasteiger partial charge >= 0.3 is 0 Å². The number of hydrogen-bond acceptors (Lipinski definition) is 4. The van der Waals surface area contributed by atoms with E-state index in [0.717, 1.165) is 73.1 Å². The van der Waals surface area contributed by atoms with Crippen molar-refractivity contribution in [1.29, 1.82) is 0 Å². The number of aryl methyl sites for hydroxylation is 1. The lowest BCUT2D eigenvalue weighted by Gasteiger charge is -2.35. The van der Waals surface area contributed by atoms with Crippen LogP contribution in [0.1, 0.15) is 53.8 Å². The highest BCUT2D eigenvalue weighted by Crippen LogP contribution is 2.32. The third-order valence-corrected chi connectivity index (χ3v) is 7.15. The first kappa shape index (κ1) is 20.2. The van der Waals surface area contributed by atoms with E-state index in [4.69, 9.17) is 4.98 Å². The highest BCUT2D eigenvalue weighted by molar-refractivity contribution is 7.99. The highest BCUT2D eigenvalue weighted by atomic mass is 32.2. The monoisotopic (exact) mass is 411 g/mol. The van der Waals surface area contributed by atoms with Crippen LogP contribution in [0.5, 0.6) is 0 Å². The topological polar surface area (TPSA) is 53.5 Å². The summed E-state index contributed by atoms with van der Waals surface area (Å²) in [4.78, 5) is 34.7. The van der Waals surface area contributed by atoms with Gasteiger partial charge in [0.25, 0.3) is 5.91 Å². The SMILES string of the molecule is CC1=CCC=CC1C(=O)N1CCC(c2nc(C)ccc2C(=O)N2CCSC2)CC1. The van der Waals surface area contributed by atoms with Crippen molar-refractivity contribution in [2.75, 3.05) is 31.3 Å². The van der Waals surface area contributed by atoms with Crippen LogP contribution in [0.2, 0.25) is 0 Å². The third-order valence-electron chi connectivity index (χ3n) is 6.19. The van der Waals surface area contributed by atoms with E-state index in [1.165, 1.54) is 0 Å². The lowest BCUT2D eigenvalue weighted by molar-refractivity contribution is -0.134. The predicted octanol–water partition coefficient (Wildman–Crippen LogP) is 3.76. The molecule has 6 heteroatoms. The molecule has 4 rings (SSSR count). The molecule has 2 amide bonds. The maximum absolute atomic E-state index is 13.0. The van der Waals surface area contributed by atoms with Crippen LogP contribution >= 0.6 is 11.8 Å². The van der Waals surface area contributed by atoms with Gasteiger partial charge in [0.15, 0.2) is 0 Å². The number of aromatic nitrogens is 1. The van der Waals surface area contributed by atoms with Crippen molar-refractivity contribution in [2.24, 2.45) is 5.92 Å². The molecule has 0 spiro atoms. The quantitative estimate of drug-likeness (QED) is 0.711. The van der Waals surface area contributed by atoms with Gasteiger partial charge in [0.1, 0.15) is 0 Å². The van der Waals surface area contributed by atoms with E-state index in [9.17, 15) is 9.59 Å². The Hall–Kier alpha value is -2.08. The first-order valence-electron chi connectivity index (χ1n) is 10.5. The fraction of sp³-hybridized carbons (Fsp3) is 0.522. The van der Waals surface area contributed by atoms with Gasteiger partial charge in [-0.05, 0) is 45.2 Å². The number of amides is 2. The molecule has 1 unspecified atom stereocenters. The summed E-state index contributed by atoms with van der Waals surface area (Å²) in [6.07, 6.45) is 8.89. The minimum atomic E-state index is -0.109. The van der Waals surface area contributed by atoms with Crippen molar-refractivity contribution in [3.8, 4) is 0 Å². The summed E-state index contributed by atoms with van der Waals surface area (Å²) in [5, 5.41) is 0. The molecule has 0 saturated carbocycles. The molecule has 0 bridgehead atoms. The fourth-order valence-electron chi connectivity index (χ4n) is 4.41. The smallest absolute Gasteiger partial charge is 0.256 e. The summed E-state index contributed by atoms with van der Waals surface area (Å²) in [5.74, 6) is 2.19. The largest absolute Gasteiger partial charge is 0.342 e. The van der Waals surface area contributed by atoms with E-state index < -0.39 is 0 Å². The number of piperidine rings is 1. The second kappa shape index (κ2) is 8.74. The number of allylic oxidation sites excluding steroid dienone is 2. The lowest BCUT2D eigenvalue weighted by atomic mass is 9.88. The van der Waals surface area contributed by atoms with Crippen molar-refractivity contribution >= 4 is 23.6 Å². The number of hydrogen-bond donors (Lipinski definition) is 0. The Balaban J connectivity index is 1.47. The summed E-state index contributed by atoms with van der Waals surface area (Å²) >= 11 is 1.80. The van der Waals surface area contributed by atoms with Gasteiger partial charge < -0.3 is 9.80 Å². The van der Waals surface area contributed by atoms with Crippen LogP contribution in [0.15, 0.2) is 35.9 Å². The number of rotatable bonds is 3. The zero-order valence-electron chi connectivity index (χ0n) is 17.3. The molecule has 3 heterocycles. The molecule has 1 atom stereocenters. The second-order valence-electron chi connectivity index (χ2n) is 8.18. The van der Waals surface area contributed by atoms with E-state index in [1.54, 1.807) is 11.8 Å². The van der Waals surface area contributed by atoms with Crippen LogP contribution < -0.4 is 0 Å². The van der Waals surface area contributed by atoms with E-state index in [0.29, 0.717) is 0 Å². The average Bonchev–Trinajstić information content (AvgIpc) is 3.28. The molecule has 1 aromatic heterocycles. The van der Waals surface area contributed by atoms with Crippen LogP contribution in [0.3, 0.4) is 0 Å². The molecule has 5 nitrogen and oxygen atoms in total. The summed E-state index contributed by atoms with van der Waals surface area (Å²) in [7, 11) is 0.